The number of aryl methyl sites for hydroxylation is 1. The van der Waals surface area contributed by atoms with Gasteiger partial charge in [0.2, 0.25) is 0 Å². The zero-order valence-electron chi connectivity index (χ0n) is 13.5. The number of carboxylic acid groups (broad SMARTS) is 1. The Hall–Kier alpha value is -1.35. The van der Waals surface area contributed by atoms with E-state index < -0.39 is 12.0 Å². The molecule has 1 aromatic rings. The summed E-state index contributed by atoms with van der Waals surface area (Å²) < 4.78 is 0. The molecule has 0 aliphatic heterocycles. The number of nitrogens with two attached hydrogens (primary N) is 1. The van der Waals surface area contributed by atoms with Crippen LogP contribution in [0.2, 0.25) is 0 Å². The molecule has 0 aliphatic carbocycles. The highest BCUT2D eigenvalue weighted by atomic mass is 16.4. The molecule has 0 saturated heterocycles. The molecule has 3 atom stereocenters. The third-order valence-electron chi connectivity index (χ3n) is 4.22. The number of aliphatic carboxylic acids is 1. The largest absolute Gasteiger partial charge is 0.480 e. The topological polar surface area (TPSA) is 63.3 Å². The Balaban J connectivity index is 2.42. The quantitative estimate of drug-likeness (QED) is 0.730. The maximum atomic E-state index is 10.7. The summed E-state index contributed by atoms with van der Waals surface area (Å²) in [5, 5.41) is 8.81. The van der Waals surface area contributed by atoms with Crippen molar-refractivity contribution in [2.24, 2.45) is 17.6 Å². The average Bonchev–Trinajstić information content (AvgIpc) is 2.46. The maximum Gasteiger partial charge on any atom is 0.320 e. The van der Waals surface area contributed by atoms with Gasteiger partial charge in [-0.3, -0.25) is 4.79 Å². The summed E-state index contributed by atoms with van der Waals surface area (Å²) in [5.41, 5.74) is 7.85. The Labute approximate surface area is 128 Å². The van der Waals surface area contributed by atoms with Gasteiger partial charge < -0.3 is 10.8 Å². The van der Waals surface area contributed by atoms with Crippen molar-refractivity contribution in [1.29, 1.82) is 0 Å². The summed E-state index contributed by atoms with van der Waals surface area (Å²) in [4.78, 5) is 10.7. The Morgan fingerprint density at radius 1 is 1.14 bits per heavy atom. The van der Waals surface area contributed by atoms with E-state index in [1.807, 2.05) is 12.1 Å². The summed E-state index contributed by atoms with van der Waals surface area (Å²) in [6.45, 7) is 6.89. The lowest BCUT2D eigenvalue weighted by atomic mass is 9.90. The molecule has 2 unspecified atom stereocenters. The molecule has 0 fully saturated rings. The first-order valence-corrected chi connectivity index (χ1v) is 7.98. The Morgan fingerprint density at radius 3 is 2.24 bits per heavy atom. The van der Waals surface area contributed by atoms with Gasteiger partial charge in [-0.05, 0) is 48.6 Å². The van der Waals surface area contributed by atoms with Crippen LogP contribution >= 0.6 is 0 Å². The third kappa shape index (κ3) is 6.76. The van der Waals surface area contributed by atoms with Gasteiger partial charge in [0.15, 0.2) is 0 Å². The van der Waals surface area contributed by atoms with Crippen molar-refractivity contribution in [3.63, 3.8) is 0 Å². The number of benzene rings is 1. The fourth-order valence-electron chi connectivity index (χ4n) is 2.57. The predicted molar refractivity (Wildman–Crippen MR) is 87.3 cm³/mol. The normalized spacial score (nSPS) is 15.4. The van der Waals surface area contributed by atoms with Crippen molar-refractivity contribution >= 4 is 5.97 Å². The smallest absolute Gasteiger partial charge is 0.320 e. The van der Waals surface area contributed by atoms with Crippen LogP contribution in [0.25, 0.3) is 0 Å². The summed E-state index contributed by atoms with van der Waals surface area (Å²) in [7, 11) is 0. The van der Waals surface area contributed by atoms with Crippen LogP contribution < -0.4 is 5.73 Å². The van der Waals surface area contributed by atoms with E-state index in [2.05, 4.69) is 32.9 Å². The summed E-state index contributed by atoms with van der Waals surface area (Å²) >= 11 is 0. The van der Waals surface area contributed by atoms with E-state index in [1.165, 1.54) is 24.8 Å². The second kappa shape index (κ2) is 8.83. The third-order valence-corrected chi connectivity index (χ3v) is 4.22. The minimum atomic E-state index is -0.946. The van der Waals surface area contributed by atoms with Crippen molar-refractivity contribution in [2.45, 2.75) is 58.9 Å². The molecule has 1 aromatic carbocycles. The minimum Gasteiger partial charge on any atom is -0.480 e. The van der Waals surface area contributed by atoms with E-state index in [0.717, 1.165) is 23.8 Å². The number of rotatable bonds is 9. The Morgan fingerprint density at radius 2 is 1.71 bits per heavy atom. The van der Waals surface area contributed by atoms with Crippen molar-refractivity contribution in [3.8, 4) is 0 Å². The lowest BCUT2D eigenvalue weighted by Gasteiger charge is -2.15. The SMILES string of the molecule is CCC(C)CC(C)CCc1ccc(C[C@H](N)C(=O)O)cc1. The molecule has 0 radical (unpaired) electrons. The van der Waals surface area contributed by atoms with Crippen molar-refractivity contribution in [2.75, 3.05) is 0 Å². The van der Waals surface area contributed by atoms with Gasteiger partial charge in [0.1, 0.15) is 6.04 Å². The first kappa shape index (κ1) is 17.7. The highest BCUT2D eigenvalue weighted by molar-refractivity contribution is 5.73. The number of carboxylic acids is 1. The summed E-state index contributed by atoms with van der Waals surface area (Å²) in [6, 6.07) is 7.38. The van der Waals surface area contributed by atoms with Gasteiger partial charge in [0.05, 0.1) is 0 Å². The number of hydrogen-bond acceptors (Lipinski definition) is 2. The summed E-state index contributed by atoms with van der Waals surface area (Å²) in [5.74, 6) is 0.609. The zero-order valence-corrected chi connectivity index (χ0v) is 13.5. The molecule has 1 rings (SSSR count). The standard InChI is InChI=1S/C18H29NO2/c1-4-13(2)11-14(3)5-6-15-7-9-16(10-8-15)12-17(19)18(20)21/h7-10,13-14,17H,4-6,11-12,19H2,1-3H3,(H,20,21)/t13?,14?,17-/m0/s1. The molecule has 3 N–H and O–H groups in total. The Bertz CT molecular complexity index is 427. The molecular formula is C18H29NO2. The molecule has 0 amide bonds. The number of carbonyl (C=O) groups is 1. The lowest BCUT2D eigenvalue weighted by molar-refractivity contribution is -0.138. The monoisotopic (exact) mass is 291 g/mol. The molecule has 0 spiro atoms. The van der Waals surface area contributed by atoms with Crippen LogP contribution in [0.15, 0.2) is 24.3 Å². The van der Waals surface area contributed by atoms with E-state index >= 15 is 0 Å². The molecule has 0 aromatic heterocycles. The van der Waals surface area contributed by atoms with Crippen LogP contribution in [0.3, 0.4) is 0 Å². The highest BCUT2D eigenvalue weighted by Crippen LogP contribution is 2.20. The minimum absolute atomic E-state index is 0.389. The average molecular weight is 291 g/mol. The van der Waals surface area contributed by atoms with Gasteiger partial charge in [-0.1, -0.05) is 51.5 Å². The van der Waals surface area contributed by atoms with E-state index in [0.29, 0.717) is 6.42 Å². The van der Waals surface area contributed by atoms with Gasteiger partial charge in [0, 0.05) is 0 Å². The Kier molecular flexibility index (Phi) is 7.44. The fraction of sp³-hybridized carbons (Fsp3) is 0.611. The number of hydrogen-bond donors (Lipinski definition) is 2. The molecule has 21 heavy (non-hydrogen) atoms. The maximum absolute atomic E-state index is 10.7. The molecule has 0 saturated carbocycles. The van der Waals surface area contributed by atoms with Crippen LogP contribution in [0.4, 0.5) is 0 Å². The molecular weight excluding hydrogens is 262 g/mol. The molecule has 3 heteroatoms. The van der Waals surface area contributed by atoms with Crippen molar-refractivity contribution < 1.29 is 9.90 Å². The van der Waals surface area contributed by atoms with Crippen LogP contribution in [-0.2, 0) is 17.6 Å². The lowest BCUT2D eigenvalue weighted by Crippen LogP contribution is -2.32. The first-order chi connectivity index (χ1) is 9.92. The molecule has 0 bridgehead atoms. The highest BCUT2D eigenvalue weighted by Gasteiger charge is 2.12. The van der Waals surface area contributed by atoms with Gasteiger partial charge >= 0.3 is 5.97 Å². The van der Waals surface area contributed by atoms with E-state index in [4.69, 9.17) is 10.8 Å². The van der Waals surface area contributed by atoms with Crippen LogP contribution in [0, 0.1) is 11.8 Å². The second-order valence-electron chi connectivity index (χ2n) is 6.36. The summed E-state index contributed by atoms with van der Waals surface area (Å²) in [6.07, 6.45) is 5.23. The van der Waals surface area contributed by atoms with E-state index in [1.54, 1.807) is 0 Å². The first-order valence-electron chi connectivity index (χ1n) is 7.98. The molecule has 3 nitrogen and oxygen atoms in total. The predicted octanol–water partition coefficient (Wildman–Crippen LogP) is 3.65. The fourth-order valence-corrected chi connectivity index (χ4v) is 2.57. The van der Waals surface area contributed by atoms with Crippen molar-refractivity contribution in [1.82, 2.24) is 0 Å². The van der Waals surface area contributed by atoms with E-state index in [-0.39, 0.29) is 0 Å². The van der Waals surface area contributed by atoms with Gasteiger partial charge in [-0.15, -0.1) is 0 Å². The van der Waals surface area contributed by atoms with Gasteiger partial charge in [-0.2, -0.15) is 0 Å². The zero-order chi connectivity index (χ0) is 15.8. The molecule has 0 aliphatic rings. The van der Waals surface area contributed by atoms with Gasteiger partial charge in [0.25, 0.3) is 0 Å². The van der Waals surface area contributed by atoms with Crippen molar-refractivity contribution in [3.05, 3.63) is 35.4 Å². The van der Waals surface area contributed by atoms with E-state index in [9.17, 15) is 4.79 Å². The van der Waals surface area contributed by atoms with Crippen LogP contribution in [0.5, 0.6) is 0 Å². The molecule has 0 heterocycles. The second-order valence-corrected chi connectivity index (χ2v) is 6.36. The van der Waals surface area contributed by atoms with Crippen LogP contribution in [-0.4, -0.2) is 17.1 Å². The molecule has 118 valence electrons. The van der Waals surface area contributed by atoms with Gasteiger partial charge in [-0.25, -0.2) is 0 Å². The van der Waals surface area contributed by atoms with Crippen LogP contribution in [0.1, 0.15) is 51.2 Å².